The van der Waals surface area contributed by atoms with Crippen LogP contribution in [0.3, 0.4) is 0 Å². The van der Waals surface area contributed by atoms with Crippen molar-refractivity contribution in [3.8, 4) is 11.4 Å². The highest BCUT2D eigenvalue weighted by Gasteiger charge is 2.33. The minimum atomic E-state index is -3.77. The Hall–Kier alpha value is -3.80. The predicted octanol–water partition coefficient (Wildman–Crippen LogP) is 3.56. The first-order chi connectivity index (χ1) is 19.4. The highest BCUT2D eigenvalue weighted by atomic mass is 32.2. The fraction of sp³-hybridized carbons (Fsp3) is 0.345. The normalized spacial score (nSPS) is 15.1. The Balaban J connectivity index is 1.54. The summed E-state index contributed by atoms with van der Waals surface area (Å²) in [7, 11) is -3.77. The second kappa shape index (κ2) is 12.6. The number of fused-ring (bicyclic) bond motifs is 1. The number of nitrogens with one attached hydrogen (secondary N) is 4. The second-order valence-electron chi connectivity index (χ2n) is 9.87. The smallest absolute Gasteiger partial charge is 0.216 e. The zero-order valence-corrected chi connectivity index (χ0v) is 23.2. The number of anilines is 1. The van der Waals surface area contributed by atoms with Crippen LogP contribution in [0, 0.1) is 0 Å². The summed E-state index contributed by atoms with van der Waals surface area (Å²) in [6, 6.07) is 20.5. The van der Waals surface area contributed by atoms with Gasteiger partial charge in [0.2, 0.25) is 5.91 Å². The third-order valence-electron chi connectivity index (χ3n) is 6.72. The van der Waals surface area contributed by atoms with Crippen molar-refractivity contribution in [2.75, 3.05) is 31.5 Å². The number of carbonyl (C=O) groups excluding carboxylic acids is 1. The molecule has 0 bridgehead atoms. The number of H-pyrrole nitrogens is 1. The molecule has 40 heavy (non-hydrogen) atoms. The van der Waals surface area contributed by atoms with Crippen LogP contribution < -0.4 is 16.0 Å². The molecule has 1 unspecified atom stereocenters. The number of nitrogens with zero attached hydrogens (tertiary/aromatic N) is 2. The second-order valence-corrected chi connectivity index (χ2v) is 11.9. The van der Waals surface area contributed by atoms with Crippen molar-refractivity contribution < 1.29 is 17.9 Å². The van der Waals surface area contributed by atoms with Gasteiger partial charge < -0.3 is 25.7 Å². The van der Waals surface area contributed by atoms with Crippen LogP contribution >= 0.6 is 0 Å². The van der Waals surface area contributed by atoms with Crippen LogP contribution in [0.15, 0.2) is 66.7 Å². The van der Waals surface area contributed by atoms with Gasteiger partial charge in [-0.2, -0.15) is 0 Å². The standard InChI is InChI=1S/C29H34N6O4S/c1-20(36)31-16-17-32-27-24-18-25(33-28(24)35-26(34-27)22-10-6-3-7-11-22)29(39-23-12-14-30-15-13-23)40(37,38)19-21-8-4-2-5-9-21/h2-11,18,23,29-30H,12-17,19H2,1H3,(H,31,36)(H2,32,33,34,35). The molecule has 1 aliphatic rings. The molecule has 2 aromatic carbocycles. The third kappa shape index (κ3) is 6.85. The molecule has 3 heterocycles. The summed E-state index contributed by atoms with van der Waals surface area (Å²) in [6.07, 6.45) is 1.27. The average Bonchev–Trinajstić information content (AvgIpc) is 3.39. The van der Waals surface area contributed by atoms with Crippen LogP contribution in [0.5, 0.6) is 0 Å². The van der Waals surface area contributed by atoms with Crippen molar-refractivity contribution in [1.29, 1.82) is 0 Å². The van der Waals surface area contributed by atoms with Gasteiger partial charge in [-0.05, 0) is 37.6 Å². The Morgan fingerprint density at radius 3 is 2.42 bits per heavy atom. The lowest BCUT2D eigenvalue weighted by atomic mass is 10.1. The quantitative estimate of drug-likeness (QED) is 0.204. The molecule has 1 aliphatic heterocycles. The molecule has 5 rings (SSSR count). The maximum absolute atomic E-state index is 13.8. The molecule has 4 aromatic rings. The molecule has 1 fully saturated rings. The highest BCUT2D eigenvalue weighted by Crippen LogP contribution is 2.34. The molecule has 10 nitrogen and oxygen atoms in total. The van der Waals surface area contributed by atoms with Crippen molar-refractivity contribution >= 4 is 32.6 Å². The Labute approximate surface area is 233 Å². The number of ether oxygens (including phenoxy) is 1. The summed E-state index contributed by atoms with van der Waals surface area (Å²) in [4.78, 5) is 24.1. The molecule has 1 atom stereocenters. The molecule has 0 saturated carbocycles. The van der Waals surface area contributed by atoms with E-state index in [9.17, 15) is 13.2 Å². The molecule has 0 spiro atoms. The van der Waals surface area contributed by atoms with Crippen LogP contribution in [-0.2, 0) is 25.1 Å². The molecule has 2 aromatic heterocycles. The topological polar surface area (TPSA) is 138 Å². The first-order valence-corrected chi connectivity index (χ1v) is 15.2. The summed E-state index contributed by atoms with van der Waals surface area (Å²) in [5, 5.41) is 9.99. The fourth-order valence-corrected chi connectivity index (χ4v) is 6.42. The zero-order chi connectivity index (χ0) is 28.0. The molecule has 210 valence electrons. The van der Waals surface area contributed by atoms with E-state index >= 15 is 0 Å². The summed E-state index contributed by atoms with van der Waals surface area (Å²) >= 11 is 0. The van der Waals surface area contributed by atoms with Gasteiger partial charge in [0.1, 0.15) is 11.5 Å². The molecule has 11 heteroatoms. The molecular formula is C29H34N6O4S. The van der Waals surface area contributed by atoms with Gasteiger partial charge in [-0.1, -0.05) is 60.7 Å². The van der Waals surface area contributed by atoms with Crippen LogP contribution in [0.4, 0.5) is 5.82 Å². The number of amides is 1. The van der Waals surface area contributed by atoms with Gasteiger partial charge >= 0.3 is 0 Å². The van der Waals surface area contributed by atoms with E-state index in [2.05, 4.69) is 20.9 Å². The van der Waals surface area contributed by atoms with Gasteiger partial charge in [0, 0.05) is 25.6 Å². The SMILES string of the molecule is CC(=O)NCCNc1nc(-c2ccccc2)nc2[nH]c(C(OC3CCNCC3)S(=O)(=O)Cc3ccccc3)cc12. The molecular weight excluding hydrogens is 528 g/mol. The lowest BCUT2D eigenvalue weighted by Crippen LogP contribution is -2.34. The van der Waals surface area contributed by atoms with Crippen LogP contribution in [0.2, 0.25) is 0 Å². The Morgan fingerprint density at radius 1 is 1.02 bits per heavy atom. The number of carbonyl (C=O) groups is 1. The molecule has 4 N–H and O–H groups in total. The van der Waals surface area contributed by atoms with Crippen molar-refractivity contribution in [2.24, 2.45) is 0 Å². The predicted molar refractivity (Wildman–Crippen MR) is 155 cm³/mol. The molecule has 1 amide bonds. The average molecular weight is 563 g/mol. The van der Waals surface area contributed by atoms with Gasteiger partial charge in [-0.3, -0.25) is 4.79 Å². The maximum Gasteiger partial charge on any atom is 0.216 e. The number of rotatable bonds is 11. The van der Waals surface area contributed by atoms with Crippen molar-refractivity contribution in [3.63, 3.8) is 0 Å². The van der Waals surface area contributed by atoms with Gasteiger partial charge in [-0.25, -0.2) is 18.4 Å². The van der Waals surface area contributed by atoms with E-state index in [1.165, 1.54) is 6.92 Å². The van der Waals surface area contributed by atoms with E-state index in [1.54, 1.807) is 18.2 Å². The maximum atomic E-state index is 13.8. The van der Waals surface area contributed by atoms with Crippen molar-refractivity contribution in [1.82, 2.24) is 25.6 Å². The minimum Gasteiger partial charge on any atom is -0.368 e. The lowest BCUT2D eigenvalue weighted by molar-refractivity contribution is -0.118. The van der Waals surface area contributed by atoms with E-state index in [1.807, 2.05) is 48.5 Å². The number of hydrogen-bond donors (Lipinski definition) is 4. The first kappa shape index (κ1) is 27.8. The summed E-state index contributed by atoms with van der Waals surface area (Å²) in [5.74, 6) is 0.760. The number of aromatic nitrogens is 3. The number of hydrogen-bond acceptors (Lipinski definition) is 8. The Morgan fingerprint density at radius 2 is 1.73 bits per heavy atom. The van der Waals surface area contributed by atoms with Gasteiger partial charge in [0.05, 0.1) is 22.9 Å². The van der Waals surface area contributed by atoms with Crippen molar-refractivity contribution in [3.05, 3.63) is 78.0 Å². The number of sulfone groups is 1. The molecule has 1 saturated heterocycles. The van der Waals surface area contributed by atoms with Gasteiger partial charge in [0.25, 0.3) is 0 Å². The first-order valence-electron chi connectivity index (χ1n) is 13.4. The van der Waals surface area contributed by atoms with Crippen LogP contribution in [0.1, 0.15) is 36.5 Å². The number of piperidine rings is 1. The number of aromatic amines is 1. The Kier molecular flexibility index (Phi) is 8.73. The zero-order valence-electron chi connectivity index (χ0n) is 22.4. The third-order valence-corrected chi connectivity index (χ3v) is 8.48. The summed E-state index contributed by atoms with van der Waals surface area (Å²) in [6.45, 7) is 3.86. The van der Waals surface area contributed by atoms with E-state index in [0.29, 0.717) is 47.0 Å². The van der Waals surface area contributed by atoms with E-state index in [-0.39, 0.29) is 17.8 Å². The highest BCUT2D eigenvalue weighted by molar-refractivity contribution is 7.90. The monoisotopic (exact) mass is 562 g/mol. The van der Waals surface area contributed by atoms with E-state index in [4.69, 9.17) is 14.7 Å². The molecule has 0 radical (unpaired) electrons. The van der Waals surface area contributed by atoms with Crippen molar-refractivity contribution in [2.45, 2.75) is 37.1 Å². The van der Waals surface area contributed by atoms with Crippen LogP contribution in [0.25, 0.3) is 22.4 Å². The largest absolute Gasteiger partial charge is 0.368 e. The van der Waals surface area contributed by atoms with Gasteiger partial charge in [0.15, 0.2) is 21.1 Å². The Bertz CT molecular complexity index is 1540. The minimum absolute atomic E-state index is 0.120. The summed E-state index contributed by atoms with van der Waals surface area (Å²) in [5.41, 5.74) is 1.24. The number of benzene rings is 2. The van der Waals surface area contributed by atoms with E-state index in [0.717, 1.165) is 31.5 Å². The fourth-order valence-electron chi connectivity index (χ4n) is 4.77. The van der Waals surface area contributed by atoms with E-state index < -0.39 is 15.3 Å². The van der Waals surface area contributed by atoms with Crippen LogP contribution in [-0.4, -0.2) is 61.6 Å². The lowest BCUT2D eigenvalue weighted by Gasteiger charge is -2.27. The summed E-state index contributed by atoms with van der Waals surface area (Å²) < 4.78 is 34.0. The van der Waals surface area contributed by atoms with Gasteiger partial charge in [-0.15, -0.1) is 0 Å². The molecule has 0 aliphatic carbocycles.